The average Bonchev–Trinajstić information content (AvgIpc) is 3.13. The fourth-order valence-corrected chi connectivity index (χ4v) is 5.19. The standard InChI is InChI=1S/C27H28ClNO5S/c1-6-11-32-23-15(2)16(3)24-19(17(23)4)9-10-27(5,34-24)14-33-21-8-7-18(12-20(21)28)13-22-25(30)29-26(31)35-22/h6-8,12-13H,1,9-11,14H2,2-5H3,(H,29,30,31). The highest BCUT2D eigenvalue weighted by Crippen LogP contribution is 2.44. The van der Waals surface area contributed by atoms with Crippen LogP contribution in [-0.2, 0) is 11.2 Å². The number of halogens is 1. The van der Waals surface area contributed by atoms with E-state index < -0.39 is 11.5 Å². The van der Waals surface area contributed by atoms with E-state index in [9.17, 15) is 9.59 Å². The Morgan fingerprint density at radius 3 is 2.63 bits per heavy atom. The van der Waals surface area contributed by atoms with Crippen LogP contribution in [0.25, 0.3) is 6.08 Å². The maximum Gasteiger partial charge on any atom is 0.290 e. The summed E-state index contributed by atoms with van der Waals surface area (Å²) < 4.78 is 18.6. The minimum Gasteiger partial charge on any atom is -0.489 e. The second-order valence-corrected chi connectivity index (χ2v) is 10.4. The van der Waals surface area contributed by atoms with Gasteiger partial charge in [0.2, 0.25) is 0 Å². The Balaban J connectivity index is 1.49. The van der Waals surface area contributed by atoms with Gasteiger partial charge in [0.25, 0.3) is 11.1 Å². The smallest absolute Gasteiger partial charge is 0.290 e. The quantitative estimate of drug-likeness (QED) is 0.345. The van der Waals surface area contributed by atoms with Crippen molar-refractivity contribution in [3.05, 3.63) is 68.6 Å². The second kappa shape index (κ2) is 9.99. The first kappa shape index (κ1) is 25.2. The van der Waals surface area contributed by atoms with Crippen LogP contribution in [0.15, 0.2) is 35.8 Å². The lowest BCUT2D eigenvalue weighted by Gasteiger charge is -2.38. The fourth-order valence-electron chi connectivity index (χ4n) is 4.27. The average molecular weight is 514 g/mol. The molecule has 0 bridgehead atoms. The third kappa shape index (κ3) is 5.21. The molecule has 0 spiro atoms. The number of rotatable bonds is 7. The van der Waals surface area contributed by atoms with E-state index in [0.717, 1.165) is 52.8 Å². The predicted octanol–water partition coefficient (Wildman–Crippen LogP) is 6.32. The summed E-state index contributed by atoms with van der Waals surface area (Å²) in [4.78, 5) is 23.5. The lowest BCUT2D eigenvalue weighted by atomic mass is 9.87. The van der Waals surface area contributed by atoms with Gasteiger partial charge in [0.15, 0.2) is 0 Å². The Labute approximate surface area is 214 Å². The van der Waals surface area contributed by atoms with E-state index in [0.29, 0.717) is 34.5 Å². The molecule has 0 saturated carbocycles. The summed E-state index contributed by atoms with van der Waals surface area (Å²) >= 11 is 7.33. The summed E-state index contributed by atoms with van der Waals surface area (Å²) in [5.41, 5.74) is 4.60. The van der Waals surface area contributed by atoms with Gasteiger partial charge in [-0.15, -0.1) is 0 Å². The minimum atomic E-state index is -0.525. The highest BCUT2D eigenvalue weighted by Gasteiger charge is 2.36. The lowest BCUT2D eigenvalue weighted by molar-refractivity contribution is -0.115. The molecule has 4 rings (SSSR count). The second-order valence-electron chi connectivity index (χ2n) is 8.99. The molecule has 8 heteroatoms. The number of hydrogen-bond donors (Lipinski definition) is 1. The van der Waals surface area contributed by atoms with Crippen LogP contribution in [0, 0.1) is 20.8 Å². The van der Waals surface area contributed by atoms with Crippen LogP contribution in [0.5, 0.6) is 17.2 Å². The van der Waals surface area contributed by atoms with Gasteiger partial charge in [0.1, 0.15) is 36.1 Å². The van der Waals surface area contributed by atoms with Crippen molar-refractivity contribution in [3.63, 3.8) is 0 Å². The Bertz CT molecular complexity index is 1250. The van der Waals surface area contributed by atoms with Gasteiger partial charge < -0.3 is 14.2 Å². The number of benzene rings is 2. The molecule has 2 aromatic carbocycles. The zero-order valence-electron chi connectivity index (χ0n) is 20.2. The van der Waals surface area contributed by atoms with E-state index in [-0.39, 0.29) is 5.24 Å². The molecule has 0 aromatic heterocycles. The predicted molar refractivity (Wildman–Crippen MR) is 140 cm³/mol. The number of fused-ring (bicyclic) bond motifs is 1. The molecule has 1 unspecified atom stereocenters. The molecule has 184 valence electrons. The molecule has 1 N–H and O–H groups in total. The Morgan fingerprint density at radius 1 is 1.20 bits per heavy atom. The first-order valence-corrected chi connectivity index (χ1v) is 12.5. The van der Waals surface area contributed by atoms with Crippen LogP contribution in [0.3, 0.4) is 0 Å². The molecule has 1 fully saturated rings. The SMILES string of the molecule is C=CCOc1c(C)c(C)c2c(c1C)CCC(C)(COc1ccc(C=C3SC(=O)NC3=O)cc1Cl)O2. The molecule has 6 nitrogen and oxygen atoms in total. The van der Waals surface area contributed by atoms with E-state index in [4.69, 9.17) is 25.8 Å². The van der Waals surface area contributed by atoms with Gasteiger partial charge in [-0.1, -0.05) is 30.3 Å². The summed E-state index contributed by atoms with van der Waals surface area (Å²) in [7, 11) is 0. The minimum absolute atomic E-state index is 0.325. The van der Waals surface area contributed by atoms with Crippen molar-refractivity contribution in [1.82, 2.24) is 5.32 Å². The number of carbonyl (C=O) groups excluding carboxylic acids is 2. The molecule has 2 heterocycles. The summed E-state index contributed by atoms with van der Waals surface area (Å²) in [5.74, 6) is 1.93. The normalized spacial score (nSPS) is 20.3. The van der Waals surface area contributed by atoms with E-state index in [1.165, 1.54) is 5.56 Å². The number of imide groups is 1. The van der Waals surface area contributed by atoms with Crippen molar-refractivity contribution in [3.8, 4) is 17.2 Å². The van der Waals surface area contributed by atoms with Crippen molar-refractivity contribution in [2.45, 2.75) is 46.1 Å². The molecule has 2 aliphatic rings. The van der Waals surface area contributed by atoms with Crippen molar-refractivity contribution in [2.75, 3.05) is 13.2 Å². The van der Waals surface area contributed by atoms with Crippen LogP contribution in [-0.4, -0.2) is 30.0 Å². The van der Waals surface area contributed by atoms with Gasteiger partial charge in [-0.2, -0.15) is 0 Å². The molecule has 35 heavy (non-hydrogen) atoms. The van der Waals surface area contributed by atoms with Crippen LogP contribution in [0.1, 0.15) is 41.2 Å². The third-order valence-corrected chi connectivity index (χ3v) is 7.44. The summed E-state index contributed by atoms with van der Waals surface area (Å²) in [5, 5.41) is 2.28. The fraction of sp³-hybridized carbons (Fsp3) is 0.333. The molecule has 1 atom stereocenters. The van der Waals surface area contributed by atoms with Crippen molar-refractivity contribution in [2.24, 2.45) is 0 Å². The highest BCUT2D eigenvalue weighted by atomic mass is 35.5. The van der Waals surface area contributed by atoms with Crippen molar-refractivity contribution >= 4 is 40.6 Å². The summed E-state index contributed by atoms with van der Waals surface area (Å²) in [6.07, 6.45) is 5.01. The molecule has 2 aliphatic heterocycles. The first-order valence-electron chi connectivity index (χ1n) is 11.3. The van der Waals surface area contributed by atoms with Gasteiger partial charge in [0, 0.05) is 5.56 Å². The number of nitrogens with one attached hydrogen (secondary N) is 1. The Morgan fingerprint density at radius 2 is 1.97 bits per heavy atom. The number of thioether (sulfide) groups is 1. The van der Waals surface area contributed by atoms with Crippen LogP contribution < -0.4 is 19.5 Å². The van der Waals surface area contributed by atoms with E-state index in [1.807, 2.05) is 13.8 Å². The zero-order chi connectivity index (χ0) is 25.3. The molecule has 0 radical (unpaired) electrons. The van der Waals surface area contributed by atoms with Gasteiger partial charge in [-0.3, -0.25) is 14.9 Å². The largest absolute Gasteiger partial charge is 0.489 e. The van der Waals surface area contributed by atoms with Gasteiger partial charge >= 0.3 is 0 Å². The van der Waals surface area contributed by atoms with Crippen molar-refractivity contribution in [1.29, 1.82) is 0 Å². The maximum absolute atomic E-state index is 11.8. The van der Waals surface area contributed by atoms with Crippen molar-refractivity contribution < 1.29 is 23.8 Å². The van der Waals surface area contributed by atoms with Gasteiger partial charge in [-0.05, 0) is 92.8 Å². The Hall–Kier alpha value is -2.90. The summed E-state index contributed by atoms with van der Waals surface area (Å²) in [6.45, 7) is 12.8. The third-order valence-electron chi connectivity index (χ3n) is 6.34. The number of amides is 2. The molecule has 2 amide bonds. The molecular weight excluding hydrogens is 486 g/mol. The highest BCUT2D eigenvalue weighted by molar-refractivity contribution is 8.18. The first-order chi connectivity index (χ1) is 16.6. The van der Waals surface area contributed by atoms with E-state index in [1.54, 1.807) is 30.4 Å². The van der Waals surface area contributed by atoms with Crippen LogP contribution in [0.4, 0.5) is 4.79 Å². The van der Waals surface area contributed by atoms with E-state index in [2.05, 4.69) is 25.7 Å². The number of ether oxygens (including phenoxy) is 3. The number of hydrogen-bond acceptors (Lipinski definition) is 6. The van der Waals surface area contributed by atoms with Crippen LogP contribution >= 0.6 is 23.4 Å². The molecule has 2 aromatic rings. The maximum atomic E-state index is 11.8. The lowest BCUT2D eigenvalue weighted by Crippen LogP contribution is -2.42. The molecule has 1 saturated heterocycles. The zero-order valence-corrected chi connectivity index (χ0v) is 21.8. The van der Waals surface area contributed by atoms with Crippen LogP contribution in [0.2, 0.25) is 5.02 Å². The topological polar surface area (TPSA) is 73.9 Å². The van der Waals surface area contributed by atoms with E-state index >= 15 is 0 Å². The van der Waals surface area contributed by atoms with Gasteiger partial charge in [0.05, 0.1) is 9.93 Å². The number of carbonyl (C=O) groups is 2. The summed E-state index contributed by atoms with van der Waals surface area (Å²) in [6, 6.07) is 5.27. The molecule has 0 aliphatic carbocycles. The monoisotopic (exact) mass is 513 g/mol. The Kier molecular flexibility index (Phi) is 7.20. The van der Waals surface area contributed by atoms with Gasteiger partial charge in [-0.25, -0.2) is 0 Å². The molecular formula is C27H28ClNO5S.